The van der Waals surface area contributed by atoms with Gasteiger partial charge in [0.25, 0.3) is 0 Å². The molecule has 0 aliphatic heterocycles. The Labute approximate surface area is 131 Å². The molecule has 1 aromatic heterocycles. The van der Waals surface area contributed by atoms with Crippen molar-refractivity contribution < 1.29 is 9.53 Å². The maximum Gasteiger partial charge on any atom is 0.407 e. The molecular formula is C17H25N3O2. The van der Waals surface area contributed by atoms with E-state index in [9.17, 15) is 4.79 Å². The Kier molecular flexibility index (Phi) is 5.08. The van der Waals surface area contributed by atoms with Crippen molar-refractivity contribution in [3.63, 3.8) is 0 Å². The number of rotatable bonds is 5. The molecular weight excluding hydrogens is 278 g/mol. The Balaban J connectivity index is 1.79. The molecule has 1 amide bonds. The first-order chi connectivity index (χ1) is 10.3. The fourth-order valence-corrected chi connectivity index (χ4v) is 2.21. The summed E-state index contributed by atoms with van der Waals surface area (Å²) in [4.78, 5) is 14.8. The van der Waals surface area contributed by atoms with Gasteiger partial charge in [0, 0.05) is 36.2 Å². The van der Waals surface area contributed by atoms with Crippen LogP contribution >= 0.6 is 0 Å². The van der Waals surface area contributed by atoms with Crippen molar-refractivity contribution in [1.82, 2.24) is 15.6 Å². The number of carbonyl (C=O) groups excluding carboxylic acids is 1. The van der Waals surface area contributed by atoms with Crippen molar-refractivity contribution >= 4 is 17.0 Å². The van der Waals surface area contributed by atoms with E-state index >= 15 is 0 Å². The zero-order valence-corrected chi connectivity index (χ0v) is 13.7. The number of nitrogens with one attached hydrogen (secondary N) is 3. The van der Waals surface area contributed by atoms with Gasteiger partial charge >= 0.3 is 6.09 Å². The minimum absolute atomic E-state index is 0.154. The zero-order valence-electron chi connectivity index (χ0n) is 13.7. The summed E-state index contributed by atoms with van der Waals surface area (Å²) >= 11 is 0. The number of alkyl carbamates (subject to hydrolysis) is 1. The van der Waals surface area contributed by atoms with Crippen LogP contribution in [0.25, 0.3) is 10.9 Å². The zero-order chi connectivity index (χ0) is 16.2. The molecule has 2 rings (SSSR count). The number of fused-ring (bicyclic) bond motifs is 1. The Morgan fingerprint density at radius 1 is 1.32 bits per heavy atom. The summed E-state index contributed by atoms with van der Waals surface area (Å²) in [6, 6.07) is 8.44. The molecule has 0 saturated heterocycles. The maximum absolute atomic E-state index is 11.6. The predicted octanol–water partition coefficient (Wildman–Crippen LogP) is 3.17. The highest BCUT2D eigenvalue weighted by Crippen LogP contribution is 2.17. The first kappa shape index (κ1) is 16.4. The molecule has 5 heteroatoms. The van der Waals surface area contributed by atoms with E-state index in [0.29, 0.717) is 6.54 Å². The highest BCUT2D eigenvalue weighted by atomic mass is 16.6. The first-order valence-corrected chi connectivity index (χ1v) is 7.60. The van der Waals surface area contributed by atoms with Crippen molar-refractivity contribution in [3.05, 3.63) is 36.0 Å². The minimum atomic E-state index is -0.468. The number of hydrogen-bond donors (Lipinski definition) is 3. The number of ether oxygens (including phenoxy) is 1. The van der Waals surface area contributed by atoms with Gasteiger partial charge in [0.2, 0.25) is 0 Å². The summed E-state index contributed by atoms with van der Waals surface area (Å²) < 4.78 is 5.22. The Bertz CT molecular complexity index is 628. The van der Waals surface area contributed by atoms with Crippen LogP contribution in [0.3, 0.4) is 0 Å². The third-order valence-electron chi connectivity index (χ3n) is 3.28. The molecule has 22 heavy (non-hydrogen) atoms. The summed E-state index contributed by atoms with van der Waals surface area (Å²) in [5, 5.41) is 7.42. The monoisotopic (exact) mass is 303 g/mol. The second-order valence-electron chi connectivity index (χ2n) is 6.52. The molecule has 1 aromatic carbocycles. The smallest absolute Gasteiger partial charge is 0.407 e. The van der Waals surface area contributed by atoms with Gasteiger partial charge in [-0.05, 0) is 45.4 Å². The van der Waals surface area contributed by atoms with Gasteiger partial charge in [-0.3, -0.25) is 0 Å². The van der Waals surface area contributed by atoms with Gasteiger partial charge in [-0.2, -0.15) is 0 Å². The third-order valence-corrected chi connectivity index (χ3v) is 3.28. The van der Waals surface area contributed by atoms with Gasteiger partial charge in [0.05, 0.1) is 0 Å². The molecule has 0 saturated carbocycles. The summed E-state index contributed by atoms with van der Waals surface area (Å²) in [6.45, 7) is 8.88. The maximum atomic E-state index is 11.6. The molecule has 0 aliphatic rings. The summed E-state index contributed by atoms with van der Waals surface area (Å²) in [6.07, 6.45) is 1.57. The molecule has 5 nitrogen and oxygen atoms in total. The molecule has 0 fully saturated rings. The minimum Gasteiger partial charge on any atom is -0.444 e. The standard InChI is InChI=1S/C17H25N3O2/c1-12(10-20-16(21)22-17(2,3)4)19-11-13-6-5-7-15-14(13)8-9-18-15/h5-9,12,18-19H,10-11H2,1-4H3,(H,20,21). The van der Waals surface area contributed by atoms with Crippen LogP contribution in [0.4, 0.5) is 4.79 Å². The molecule has 0 spiro atoms. The summed E-state index contributed by atoms with van der Waals surface area (Å²) in [5.74, 6) is 0. The predicted molar refractivity (Wildman–Crippen MR) is 88.8 cm³/mol. The van der Waals surface area contributed by atoms with Crippen molar-refractivity contribution in [1.29, 1.82) is 0 Å². The Morgan fingerprint density at radius 3 is 2.82 bits per heavy atom. The van der Waals surface area contributed by atoms with E-state index in [2.05, 4.69) is 33.8 Å². The molecule has 3 N–H and O–H groups in total. The topological polar surface area (TPSA) is 66.2 Å². The van der Waals surface area contributed by atoms with E-state index in [1.54, 1.807) is 0 Å². The van der Waals surface area contributed by atoms with Gasteiger partial charge in [-0.15, -0.1) is 0 Å². The molecule has 0 bridgehead atoms. The number of benzene rings is 1. The van der Waals surface area contributed by atoms with Crippen LogP contribution in [0, 0.1) is 0 Å². The lowest BCUT2D eigenvalue weighted by Crippen LogP contribution is -2.41. The second kappa shape index (κ2) is 6.83. The van der Waals surface area contributed by atoms with Crippen molar-refractivity contribution in [2.45, 2.75) is 45.9 Å². The van der Waals surface area contributed by atoms with Crippen LogP contribution < -0.4 is 10.6 Å². The van der Waals surface area contributed by atoms with Crippen LogP contribution in [-0.2, 0) is 11.3 Å². The molecule has 120 valence electrons. The van der Waals surface area contributed by atoms with Crippen LogP contribution in [0.1, 0.15) is 33.3 Å². The average Bonchev–Trinajstić information content (AvgIpc) is 2.89. The molecule has 1 atom stereocenters. The normalized spacial score (nSPS) is 13.1. The van der Waals surface area contributed by atoms with Gasteiger partial charge in [0.15, 0.2) is 0 Å². The number of aromatic nitrogens is 1. The number of H-pyrrole nitrogens is 1. The van der Waals surface area contributed by atoms with E-state index in [-0.39, 0.29) is 12.1 Å². The van der Waals surface area contributed by atoms with Crippen molar-refractivity contribution in [3.8, 4) is 0 Å². The summed E-state index contributed by atoms with van der Waals surface area (Å²) in [5.41, 5.74) is 1.91. The van der Waals surface area contributed by atoms with Gasteiger partial charge in [0.1, 0.15) is 5.60 Å². The molecule has 1 unspecified atom stereocenters. The van der Waals surface area contributed by atoms with E-state index in [1.165, 1.54) is 10.9 Å². The van der Waals surface area contributed by atoms with Crippen LogP contribution in [-0.4, -0.2) is 29.3 Å². The lowest BCUT2D eigenvalue weighted by Gasteiger charge is -2.21. The van der Waals surface area contributed by atoms with Crippen LogP contribution in [0.15, 0.2) is 30.5 Å². The lowest BCUT2D eigenvalue weighted by atomic mass is 10.1. The van der Waals surface area contributed by atoms with E-state index in [0.717, 1.165) is 12.1 Å². The van der Waals surface area contributed by atoms with Gasteiger partial charge < -0.3 is 20.4 Å². The first-order valence-electron chi connectivity index (χ1n) is 7.60. The average molecular weight is 303 g/mol. The van der Waals surface area contributed by atoms with Gasteiger partial charge in [-0.25, -0.2) is 4.79 Å². The van der Waals surface area contributed by atoms with E-state index < -0.39 is 5.60 Å². The quantitative estimate of drug-likeness (QED) is 0.795. The van der Waals surface area contributed by atoms with Crippen LogP contribution in [0.2, 0.25) is 0 Å². The Morgan fingerprint density at radius 2 is 2.09 bits per heavy atom. The fraction of sp³-hybridized carbons (Fsp3) is 0.471. The SMILES string of the molecule is CC(CNC(=O)OC(C)(C)C)NCc1cccc2[nH]ccc12. The number of amides is 1. The highest BCUT2D eigenvalue weighted by molar-refractivity contribution is 5.82. The van der Waals surface area contributed by atoms with Gasteiger partial charge in [-0.1, -0.05) is 12.1 Å². The van der Waals surface area contributed by atoms with E-state index in [4.69, 9.17) is 4.74 Å². The number of carbonyl (C=O) groups is 1. The second-order valence-corrected chi connectivity index (χ2v) is 6.52. The number of hydrogen-bond acceptors (Lipinski definition) is 3. The lowest BCUT2D eigenvalue weighted by molar-refractivity contribution is 0.0523. The molecule has 2 aromatic rings. The summed E-state index contributed by atoms with van der Waals surface area (Å²) in [7, 11) is 0. The van der Waals surface area contributed by atoms with Crippen molar-refractivity contribution in [2.75, 3.05) is 6.54 Å². The largest absolute Gasteiger partial charge is 0.444 e. The van der Waals surface area contributed by atoms with Crippen LogP contribution in [0.5, 0.6) is 0 Å². The molecule has 0 aliphatic carbocycles. The van der Waals surface area contributed by atoms with Crippen molar-refractivity contribution in [2.24, 2.45) is 0 Å². The molecule has 0 radical (unpaired) electrons. The fourth-order valence-electron chi connectivity index (χ4n) is 2.21. The third kappa shape index (κ3) is 4.77. The van der Waals surface area contributed by atoms with E-state index in [1.807, 2.05) is 40.0 Å². The molecule has 1 heterocycles. The number of aromatic amines is 1. The highest BCUT2D eigenvalue weighted by Gasteiger charge is 2.16. The Hall–Kier alpha value is -2.01.